The number of hydrogen-bond acceptors (Lipinski definition) is 4. The van der Waals surface area contributed by atoms with Gasteiger partial charge in [0.25, 0.3) is 0 Å². The van der Waals surface area contributed by atoms with Gasteiger partial charge in [0.05, 0.1) is 32.1 Å². The maximum Gasteiger partial charge on any atom is 0.337 e. The van der Waals surface area contributed by atoms with E-state index in [1.807, 2.05) is 6.08 Å². The zero-order valence-electron chi connectivity index (χ0n) is 15.9. The lowest BCUT2D eigenvalue weighted by molar-refractivity contribution is -0.137. The molecule has 0 radical (unpaired) electrons. The molecule has 1 N–H and O–H groups in total. The molecular weight excluding hydrogens is 340 g/mol. The zero-order chi connectivity index (χ0) is 19.0. The smallest absolute Gasteiger partial charge is 0.337 e. The highest BCUT2D eigenvalue weighted by Crippen LogP contribution is 2.45. The molecule has 1 saturated heterocycles. The third-order valence-electron chi connectivity index (χ3n) is 6.08. The SMILES string of the molecule is C=CC1CN2CCc3c([nH]c4ccccc34)C2CC1/C(=C/OC)C(=O)OC. The van der Waals surface area contributed by atoms with Gasteiger partial charge in [0.15, 0.2) is 0 Å². The Balaban J connectivity index is 1.74. The number of hydrogen-bond donors (Lipinski definition) is 1. The third-order valence-corrected chi connectivity index (χ3v) is 6.08. The van der Waals surface area contributed by atoms with Crippen molar-refractivity contribution in [3.05, 3.63) is 60.0 Å². The topological polar surface area (TPSA) is 54.6 Å². The van der Waals surface area contributed by atoms with E-state index in [2.05, 4.69) is 40.7 Å². The Morgan fingerprint density at radius 2 is 2.15 bits per heavy atom. The van der Waals surface area contributed by atoms with E-state index < -0.39 is 0 Å². The van der Waals surface area contributed by atoms with Gasteiger partial charge >= 0.3 is 5.97 Å². The summed E-state index contributed by atoms with van der Waals surface area (Å²) in [5, 5.41) is 1.31. The van der Waals surface area contributed by atoms with Crippen molar-refractivity contribution < 1.29 is 14.3 Å². The van der Waals surface area contributed by atoms with Crippen LogP contribution in [0.5, 0.6) is 0 Å². The molecule has 0 aliphatic carbocycles. The van der Waals surface area contributed by atoms with E-state index >= 15 is 0 Å². The van der Waals surface area contributed by atoms with Crippen LogP contribution in [0.3, 0.4) is 0 Å². The van der Waals surface area contributed by atoms with Crippen LogP contribution in [0.1, 0.15) is 23.7 Å². The highest BCUT2D eigenvalue weighted by atomic mass is 16.5. The molecule has 0 bridgehead atoms. The van der Waals surface area contributed by atoms with E-state index in [0.717, 1.165) is 25.9 Å². The number of nitrogens with one attached hydrogen (secondary N) is 1. The highest BCUT2D eigenvalue weighted by Gasteiger charge is 2.42. The number of H-pyrrole nitrogens is 1. The van der Waals surface area contributed by atoms with Crippen molar-refractivity contribution in [3.8, 4) is 0 Å². The van der Waals surface area contributed by atoms with E-state index in [1.54, 1.807) is 7.11 Å². The molecule has 5 nitrogen and oxygen atoms in total. The maximum atomic E-state index is 12.4. The molecule has 4 rings (SSSR count). The van der Waals surface area contributed by atoms with Crippen molar-refractivity contribution in [2.45, 2.75) is 18.9 Å². The number of carbonyl (C=O) groups is 1. The fourth-order valence-electron chi connectivity index (χ4n) is 4.80. The lowest BCUT2D eigenvalue weighted by Crippen LogP contribution is -2.46. The van der Waals surface area contributed by atoms with Gasteiger partial charge < -0.3 is 14.5 Å². The minimum atomic E-state index is -0.324. The number of methoxy groups -OCH3 is 2. The molecule has 5 heteroatoms. The Morgan fingerprint density at radius 3 is 2.89 bits per heavy atom. The van der Waals surface area contributed by atoms with Crippen molar-refractivity contribution in [1.82, 2.24) is 9.88 Å². The summed E-state index contributed by atoms with van der Waals surface area (Å²) in [6.45, 7) is 5.93. The normalized spacial score (nSPS) is 25.6. The maximum absolute atomic E-state index is 12.4. The van der Waals surface area contributed by atoms with Crippen molar-refractivity contribution in [2.24, 2.45) is 11.8 Å². The van der Waals surface area contributed by atoms with Gasteiger partial charge in [-0.25, -0.2) is 4.79 Å². The first-order valence-electron chi connectivity index (χ1n) is 9.45. The van der Waals surface area contributed by atoms with Gasteiger partial charge in [0.2, 0.25) is 0 Å². The molecule has 3 atom stereocenters. The van der Waals surface area contributed by atoms with Crippen LogP contribution in [-0.4, -0.2) is 43.2 Å². The van der Waals surface area contributed by atoms with Crippen LogP contribution in [0.2, 0.25) is 0 Å². The van der Waals surface area contributed by atoms with Gasteiger partial charge in [0, 0.05) is 35.6 Å². The van der Waals surface area contributed by atoms with Crippen LogP contribution >= 0.6 is 0 Å². The van der Waals surface area contributed by atoms with Gasteiger partial charge in [-0.3, -0.25) is 4.90 Å². The van der Waals surface area contributed by atoms with Crippen LogP contribution in [-0.2, 0) is 20.7 Å². The van der Waals surface area contributed by atoms with Crippen molar-refractivity contribution >= 4 is 16.9 Å². The molecule has 0 spiro atoms. The zero-order valence-corrected chi connectivity index (χ0v) is 15.9. The van der Waals surface area contributed by atoms with Crippen molar-refractivity contribution in [1.29, 1.82) is 0 Å². The first-order chi connectivity index (χ1) is 13.2. The Hall–Kier alpha value is -2.53. The van der Waals surface area contributed by atoms with E-state index in [4.69, 9.17) is 9.47 Å². The Morgan fingerprint density at radius 1 is 1.33 bits per heavy atom. The average molecular weight is 366 g/mol. The Kier molecular flexibility index (Phi) is 4.79. The second-order valence-electron chi connectivity index (χ2n) is 7.37. The second-order valence-corrected chi connectivity index (χ2v) is 7.37. The minimum absolute atomic E-state index is 0.0218. The molecule has 3 unspecified atom stereocenters. The molecular formula is C22H26N2O3. The standard InChI is InChI=1S/C22H26N2O3/c1-4-14-12-24-10-9-16-15-7-5-6-8-19(15)23-21(16)20(24)11-17(14)18(13-26-2)22(25)27-3/h4-8,13-14,17,20,23H,1,9-12H2,2-3H3/b18-13-. The number of para-hydroxylation sites is 1. The lowest BCUT2D eigenvalue weighted by atomic mass is 9.75. The van der Waals surface area contributed by atoms with Crippen molar-refractivity contribution in [3.63, 3.8) is 0 Å². The van der Waals surface area contributed by atoms with Crippen LogP contribution in [0, 0.1) is 11.8 Å². The summed E-state index contributed by atoms with van der Waals surface area (Å²) >= 11 is 0. The van der Waals surface area contributed by atoms with Gasteiger partial charge in [-0.15, -0.1) is 6.58 Å². The summed E-state index contributed by atoms with van der Waals surface area (Å²) in [5.41, 5.74) is 4.48. The fourth-order valence-corrected chi connectivity index (χ4v) is 4.80. The molecule has 0 saturated carbocycles. The average Bonchev–Trinajstić information content (AvgIpc) is 3.09. The molecule has 142 valence electrons. The monoisotopic (exact) mass is 366 g/mol. The lowest BCUT2D eigenvalue weighted by Gasteiger charge is -2.45. The number of nitrogens with zero attached hydrogens (tertiary/aromatic N) is 1. The van der Waals surface area contributed by atoms with E-state index in [-0.39, 0.29) is 23.8 Å². The minimum Gasteiger partial charge on any atom is -0.504 e. The first-order valence-corrected chi connectivity index (χ1v) is 9.45. The molecule has 2 aliphatic heterocycles. The summed E-state index contributed by atoms with van der Waals surface area (Å²) in [6.07, 6.45) is 5.38. The van der Waals surface area contributed by atoms with E-state index in [0.29, 0.717) is 5.57 Å². The number of rotatable bonds is 4. The molecule has 1 aromatic heterocycles. The van der Waals surface area contributed by atoms with Gasteiger partial charge in [-0.2, -0.15) is 0 Å². The van der Waals surface area contributed by atoms with Crippen LogP contribution in [0.15, 0.2) is 48.8 Å². The molecule has 2 aromatic rings. The molecule has 3 heterocycles. The Bertz CT molecular complexity index is 898. The molecule has 1 aromatic carbocycles. The summed E-state index contributed by atoms with van der Waals surface area (Å²) in [6, 6.07) is 8.74. The predicted octanol–water partition coefficient (Wildman–Crippen LogP) is 3.59. The van der Waals surface area contributed by atoms with E-state index in [1.165, 1.54) is 35.5 Å². The Labute approximate surface area is 159 Å². The molecule has 1 fully saturated rings. The number of piperidine rings is 1. The largest absolute Gasteiger partial charge is 0.504 e. The van der Waals surface area contributed by atoms with Gasteiger partial charge in [-0.05, 0) is 30.4 Å². The number of aromatic amines is 1. The number of aromatic nitrogens is 1. The summed E-state index contributed by atoms with van der Waals surface area (Å²) in [4.78, 5) is 18.5. The van der Waals surface area contributed by atoms with Crippen LogP contribution in [0.4, 0.5) is 0 Å². The van der Waals surface area contributed by atoms with E-state index in [9.17, 15) is 4.79 Å². The quantitative estimate of drug-likeness (QED) is 0.389. The van der Waals surface area contributed by atoms with Gasteiger partial charge in [0.1, 0.15) is 0 Å². The number of benzene rings is 1. The summed E-state index contributed by atoms with van der Waals surface area (Å²) in [7, 11) is 2.98. The number of esters is 1. The molecule has 0 amide bonds. The third kappa shape index (κ3) is 2.96. The summed E-state index contributed by atoms with van der Waals surface area (Å²) in [5.74, 6) is -0.115. The van der Waals surface area contributed by atoms with Crippen molar-refractivity contribution in [2.75, 3.05) is 27.3 Å². The van der Waals surface area contributed by atoms with Crippen LogP contribution < -0.4 is 0 Å². The highest BCUT2D eigenvalue weighted by molar-refractivity contribution is 5.89. The summed E-state index contributed by atoms with van der Waals surface area (Å²) < 4.78 is 10.2. The predicted molar refractivity (Wildman–Crippen MR) is 105 cm³/mol. The number of carbonyl (C=O) groups excluding carboxylic acids is 1. The molecule has 27 heavy (non-hydrogen) atoms. The fraction of sp³-hybridized carbons (Fsp3) is 0.409. The number of fused-ring (bicyclic) bond motifs is 5. The van der Waals surface area contributed by atoms with Gasteiger partial charge in [-0.1, -0.05) is 24.3 Å². The molecule has 2 aliphatic rings. The first kappa shape index (κ1) is 17.9. The second kappa shape index (κ2) is 7.24. The number of ether oxygens (including phenoxy) is 2. The van der Waals surface area contributed by atoms with Crippen LogP contribution in [0.25, 0.3) is 10.9 Å².